The highest BCUT2D eigenvalue weighted by molar-refractivity contribution is 7.93. The average molecular weight is 267 g/mol. The van der Waals surface area contributed by atoms with Crippen molar-refractivity contribution in [2.45, 2.75) is 0 Å². The highest BCUT2D eigenvalue weighted by Gasteiger charge is 2.11. The molecule has 0 saturated heterocycles. The predicted octanol–water partition coefficient (Wildman–Crippen LogP) is 2.89. The van der Waals surface area contributed by atoms with Crippen LogP contribution in [0.2, 0.25) is 10.0 Å². The third-order valence-corrected chi connectivity index (χ3v) is 2.83. The Morgan fingerprint density at radius 1 is 1.33 bits per heavy atom. The molecule has 0 amide bonds. The molecule has 0 aliphatic heterocycles. The first kappa shape index (κ1) is 12.4. The third kappa shape index (κ3) is 3.41. The summed E-state index contributed by atoms with van der Waals surface area (Å²) >= 11 is 11.5. The van der Waals surface area contributed by atoms with Gasteiger partial charge in [0.05, 0.1) is 21.0 Å². The van der Waals surface area contributed by atoms with Crippen molar-refractivity contribution in [3.63, 3.8) is 0 Å². The fourth-order valence-electron chi connectivity index (χ4n) is 1.00. The van der Waals surface area contributed by atoms with Gasteiger partial charge in [-0.1, -0.05) is 29.3 Å². The number of hydrogen-bond donors (Lipinski definition) is 1. The zero-order valence-electron chi connectivity index (χ0n) is 7.74. The molecule has 1 rings (SSSR count). The summed E-state index contributed by atoms with van der Waals surface area (Å²) in [6, 6.07) is 4.62. The second-order valence-corrected chi connectivity index (χ2v) is 5.64. The number of hydrogen-bond acceptors (Lipinski definition) is 3. The Morgan fingerprint density at radius 2 is 1.80 bits per heavy atom. The first-order chi connectivity index (χ1) is 6.81. The lowest BCUT2D eigenvalue weighted by molar-refractivity contribution is 0.512. The molecule has 0 bridgehead atoms. The van der Waals surface area contributed by atoms with Crippen LogP contribution in [0.3, 0.4) is 0 Å². The lowest BCUT2D eigenvalue weighted by Gasteiger charge is -2.04. The molecular weight excluding hydrogens is 259 g/mol. The highest BCUT2D eigenvalue weighted by Crippen LogP contribution is 2.29. The fourth-order valence-corrected chi connectivity index (χ4v) is 2.12. The Bertz CT molecular complexity index is 486. The van der Waals surface area contributed by atoms with Crippen LogP contribution in [0.5, 0.6) is 0 Å². The van der Waals surface area contributed by atoms with E-state index in [1.54, 1.807) is 6.07 Å². The van der Waals surface area contributed by atoms with Gasteiger partial charge in [-0.15, -0.1) is 0 Å². The summed E-state index contributed by atoms with van der Waals surface area (Å²) < 4.78 is 21.8. The highest BCUT2D eigenvalue weighted by atomic mass is 35.5. The summed E-state index contributed by atoms with van der Waals surface area (Å²) in [4.78, 5) is 0. The minimum absolute atomic E-state index is 0.117. The maximum atomic E-state index is 10.9. The Kier molecular flexibility index (Phi) is 3.65. The van der Waals surface area contributed by atoms with Gasteiger partial charge in [-0.3, -0.25) is 0 Å². The van der Waals surface area contributed by atoms with Crippen LogP contribution >= 0.6 is 23.2 Å². The molecule has 0 saturated carbocycles. The monoisotopic (exact) mass is 266 g/mol. The van der Waals surface area contributed by atoms with Crippen molar-refractivity contribution in [1.29, 1.82) is 0 Å². The molecule has 1 aromatic carbocycles. The SMILES string of the molecule is CS(=O)(=O)/C=C(\O)c1c(Cl)cccc1Cl. The van der Waals surface area contributed by atoms with E-state index in [1.807, 2.05) is 0 Å². The number of sulfone groups is 1. The molecule has 82 valence electrons. The van der Waals surface area contributed by atoms with Crippen molar-refractivity contribution in [3.8, 4) is 0 Å². The lowest BCUT2D eigenvalue weighted by Crippen LogP contribution is -1.94. The minimum atomic E-state index is -3.43. The van der Waals surface area contributed by atoms with E-state index in [-0.39, 0.29) is 15.6 Å². The second kappa shape index (κ2) is 4.43. The molecule has 1 aromatic rings. The number of aliphatic hydroxyl groups excluding tert-OH is 1. The number of rotatable bonds is 2. The molecule has 0 heterocycles. The minimum Gasteiger partial charge on any atom is -0.506 e. The maximum Gasteiger partial charge on any atom is 0.172 e. The molecule has 0 spiro atoms. The van der Waals surface area contributed by atoms with Crippen LogP contribution in [-0.4, -0.2) is 19.8 Å². The predicted molar refractivity (Wildman–Crippen MR) is 61.9 cm³/mol. The molecule has 0 unspecified atom stereocenters. The van der Waals surface area contributed by atoms with Gasteiger partial charge in [0, 0.05) is 6.26 Å². The van der Waals surface area contributed by atoms with Gasteiger partial charge in [0.25, 0.3) is 0 Å². The zero-order chi connectivity index (χ0) is 11.6. The molecule has 0 aliphatic carbocycles. The van der Waals surface area contributed by atoms with E-state index in [0.717, 1.165) is 6.26 Å². The van der Waals surface area contributed by atoms with Gasteiger partial charge < -0.3 is 5.11 Å². The van der Waals surface area contributed by atoms with Gasteiger partial charge in [0.2, 0.25) is 0 Å². The molecule has 0 aliphatic rings. The van der Waals surface area contributed by atoms with Crippen molar-refractivity contribution < 1.29 is 13.5 Å². The lowest BCUT2D eigenvalue weighted by atomic mass is 10.2. The molecule has 0 radical (unpaired) electrons. The van der Waals surface area contributed by atoms with Crippen molar-refractivity contribution >= 4 is 38.8 Å². The standard InChI is InChI=1S/C9H8Cl2O3S/c1-15(13,14)5-8(12)9-6(10)3-2-4-7(9)11/h2-5,12H,1H3/b8-5-. The van der Waals surface area contributed by atoms with Gasteiger partial charge in [0.15, 0.2) is 9.84 Å². The molecule has 3 nitrogen and oxygen atoms in total. The summed E-state index contributed by atoms with van der Waals surface area (Å²) in [7, 11) is -3.43. The smallest absolute Gasteiger partial charge is 0.172 e. The number of aliphatic hydroxyl groups is 1. The fraction of sp³-hybridized carbons (Fsp3) is 0.111. The summed E-state index contributed by atoms with van der Waals surface area (Å²) in [5.41, 5.74) is 0.117. The van der Waals surface area contributed by atoms with E-state index in [0.29, 0.717) is 5.41 Å². The molecular formula is C9H8Cl2O3S. The van der Waals surface area contributed by atoms with Crippen LogP contribution in [0.25, 0.3) is 5.76 Å². The first-order valence-corrected chi connectivity index (χ1v) is 6.57. The van der Waals surface area contributed by atoms with Gasteiger partial charge >= 0.3 is 0 Å². The Morgan fingerprint density at radius 3 is 2.20 bits per heavy atom. The van der Waals surface area contributed by atoms with Crippen molar-refractivity contribution in [2.75, 3.05) is 6.26 Å². The summed E-state index contributed by atoms with van der Waals surface area (Å²) in [5, 5.41) is 10.6. The zero-order valence-corrected chi connectivity index (χ0v) is 10.1. The molecule has 0 fully saturated rings. The normalized spacial score (nSPS) is 12.9. The first-order valence-electron chi connectivity index (χ1n) is 3.86. The molecule has 0 atom stereocenters. The van der Waals surface area contributed by atoms with E-state index in [2.05, 4.69) is 0 Å². The average Bonchev–Trinajstić information content (AvgIpc) is 1.99. The van der Waals surface area contributed by atoms with Crippen molar-refractivity contribution in [2.24, 2.45) is 0 Å². The van der Waals surface area contributed by atoms with Crippen LogP contribution in [0, 0.1) is 0 Å². The van der Waals surface area contributed by atoms with Gasteiger partial charge in [-0.2, -0.15) is 0 Å². The van der Waals surface area contributed by atoms with Crippen molar-refractivity contribution in [1.82, 2.24) is 0 Å². The molecule has 1 N–H and O–H groups in total. The van der Waals surface area contributed by atoms with Crippen LogP contribution in [-0.2, 0) is 9.84 Å². The van der Waals surface area contributed by atoms with Gasteiger partial charge in [-0.25, -0.2) is 8.42 Å². The van der Waals surface area contributed by atoms with Crippen molar-refractivity contribution in [3.05, 3.63) is 39.2 Å². The van der Waals surface area contributed by atoms with Crippen LogP contribution < -0.4 is 0 Å². The van der Waals surface area contributed by atoms with Gasteiger partial charge in [0.1, 0.15) is 5.76 Å². The Labute approximate surface area is 97.9 Å². The van der Waals surface area contributed by atoms with E-state index in [9.17, 15) is 13.5 Å². The topological polar surface area (TPSA) is 54.4 Å². The van der Waals surface area contributed by atoms with E-state index in [1.165, 1.54) is 12.1 Å². The van der Waals surface area contributed by atoms with Crippen LogP contribution in [0.4, 0.5) is 0 Å². The second-order valence-electron chi connectivity index (χ2n) is 2.93. The van der Waals surface area contributed by atoms with E-state index < -0.39 is 15.6 Å². The number of halogens is 2. The van der Waals surface area contributed by atoms with Crippen LogP contribution in [0.1, 0.15) is 5.56 Å². The number of benzene rings is 1. The quantitative estimate of drug-likeness (QED) is 0.838. The molecule has 15 heavy (non-hydrogen) atoms. The third-order valence-electron chi connectivity index (χ3n) is 1.54. The van der Waals surface area contributed by atoms with Gasteiger partial charge in [-0.05, 0) is 12.1 Å². The largest absolute Gasteiger partial charge is 0.506 e. The summed E-state index contributed by atoms with van der Waals surface area (Å²) in [6.07, 6.45) is 0.966. The van der Waals surface area contributed by atoms with Crippen LogP contribution in [0.15, 0.2) is 23.6 Å². The van der Waals surface area contributed by atoms with E-state index in [4.69, 9.17) is 23.2 Å². The molecule has 6 heteroatoms. The maximum absolute atomic E-state index is 10.9. The summed E-state index contributed by atoms with van der Waals surface area (Å²) in [5.74, 6) is -0.465. The molecule has 0 aromatic heterocycles. The Balaban J connectivity index is 3.35. The Hall–Kier alpha value is -0.710. The summed E-state index contributed by atoms with van der Waals surface area (Å²) in [6.45, 7) is 0. The van der Waals surface area contributed by atoms with E-state index >= 15 is 0 Å².